The van der Waals surface area contributed by atoms with Crippen molar-refractivity contribution in [2.45, 2.75) is 38.1 Å². The molecule has 0 radical (unpaired) electrons. The average Bonchev–Trinajstić information content (AvgIpc) is 3.06. The minimum Gasteiger partial charge on any atom is -0.356 e. The summed E-state index contributed by atoms with van der Waals surface area (Å²) in [6.45, 7) is 0.871. The van der Waals surface area contributed by atoms with Gasteiger partial charge in [-0.25, -0.2) is 9.98 Å². The van der Waals surface area contributed by atoms with Crippen LogP contribution in [0.3, 0.4) is 0 Å². The second kappa shape index (κ2) is 11.5. The number of aromatic nitrogens is 1. The first-order chi connectivity index (χ1) is 11.5. The number of halogens is 2. The first-order valence-electron chi connectivity index (χ1n) is 8.40. The van der Waals surface area contributed by atoms with Crippen LogP contribution in [0, 0.1) is 0 Å². The number of guanidine groups is 1. The molecule has 0 bridgehead atoms. The molecule has 1 amide bonds. The molecule has 25 heavy (non-hydrogen) atoms. The Morgan fingerprint density at radius 3 is 2.68 bits per heavy atom. The van der Waals surface area contributed by atoms with Crippen molar-refractivity contribution in [3.8, 4) is 0 Å². The third kappa shape index (κ3) is 8.22. The summed E-state index contributed by atoms with van der Waals surface area (Å²) >= 11 is 5.80. The highest BCUT2D eigenvalue weighted by molar-refractivity contribution is 14.0. The zero-order valence-electron chi connectivity index (χ0n) is 14.8. The van der Waals surface area contributed by atoms with Gasteiger partial charge in [-0.1, -0.05) is 30.5 Å². The van der Waals surface area contributed by atoms with E-state index in [2.05, 4.69) is 20.6 Å². The van der Waals surface area contributed by atoms with Gasteiger partial charge in [0.15, 0.2) is 5.96 Å². The van der Waals surface area contributed by atoms with Crippen molar-refractivity contribution < 1.29 is 4.79 Å². The van der Waals surface area contributed by atoms with Gasteiger partial charge in [0.05, 0.1) is 0 Å². The molecule has 1 aliphatic rings. The van der Waals surface area contributed by atoms with Gasteiger partial charge in [0, 0.05) is 32.9 Å². The largest absolute Gasteiger partial charge is 0.356 e. The van der Waals surface area contributed by atoms with Crippen LogP contribution in [-0.4, -0.2) is 55.0 Å². The lowest BCUT2D eigenvalue weighted by molar-refractivity contribution is -0.127. The van der Waals surface area contributed by atoms with Gasteiger partial charge < -0.3 is 15.5 Å². The van der Waals surface area contributed by atoms with E-state index in [4.69, 9.17) is 11.6 Å². The molecule has 2 rings (SSSR count). The molecule has 6 nitrogen and oxygen atoms in total. The number of amides is 1. The molecule has 0 unspecified atom stereocenters. The first kappa shape index (κ1) is 22.0. The van der Waals surface area contributed by atoms with E-state index in [0.717, 1.165) is 31.4 Å². The number of rotatable bonds is 6. The second-order valence-electron chi connectivity index (χ2n) is 6.24. The van der Waals surface area contributed by atoms with Gasteiger partial charge in [-0.15, -0.1) is 24.0 Å². The van der Waals surface area contributed by atoms with Crippen molar-refractivity contribution in [3.63, 3.8) is 0 Å². The molecule has 0 atom stereocenters. The highest BCUT2D eigenvalue weighted by Gasteiger charge is 2.16. The third-order valence-corrected chi connectivity index (χ3v) is 4.29. The van der Waals surface area contributed by atoms with E-state index in [0.29, 0.717) is 17.2 Å². The van der Waals surface area contributed by atoms with E-state index in [1.165, 1.54) is 12.8 Å². The van der Waals surface area contributed by atoms with E-state index in [1.54, 1.807) is 31.3 Å². The lowest BCUT2D eigenvalue weighted by atomic mass is 10.2. The van der Waals surface area contributed by atoms with Crippen LogP contribution < -0.4 is 10.6 Å². The topological polar surface area (TPSA) is 69.6 Å². The summed E-state index contributed by atoms with van der Waals surface area (Å²) in [5, 5.41) is 7.25. The van der Waals surface area contributed by atoms with Crippen molar-refractivity contribution in [1.82, 2.24) is 20.5 Å². The monoisotopic (exact) mass is 479 g/mol. The van der Waals surface area contributed by atoms with Crippen molar-refractivity contribution in [2.24, 2.45) is 4.99 Å². The lowest BCUT2D eigenvalue weighted by Crippen LogP contribution is -2.43. The molecule has 140 valence electrons. The summed E-state index contributed by atoms with van der Waals surface area (Å²) in [6, 6.07) is 4.20. The Morgan fingerprint density at radius 1 is 1.36 bits per heavy atom. The number of carbonyl (C=O) groups is 1. The first-order valence-corrected chi connectivity index (χ1v) is 8.78. The van der Waals surface area contributed by atoms with E-state index < -0.39 is 0 Å². The maximum atomic E-state index is 11.8. The summed E-state index contributed by atoms with van der Waals surface area (Å²) in [4.78, 5) is 21.8. The van der Waals surface area contributed by atoms with E-state index >= 15 is 0 Å². The highest BCUT2D eigenvalue weighted by atomic mass is 127. The Labute approximate surface area is 171 Å². The number of hydrogen-bond donors (Lipinski definition) is 2. The number of nitrogens with zero attached hydrogens (tertiary/aromatic N) is 3. The van der Waals surface area contributed by atoms with E-state index in [-0.39, 0.29) is 36.4 Å². The molecule has 0 aliphatic heterocycles. The fourth-order valence-corrected chi connectivity index (χ4v) is 2.70. The van der Waals surface area contributed by atoms with Crippen LogP contribution in [0.15, 0.2) is 23.3 Å². The van der Waals surface area contributed by atoms with Crippen LogP contribution in [0.25, 0.3) is 0 Å². The average molecular weight is 480 g/mol. The van der Waals surface area contributed by atoms with Crippen LogP contribution in [0.4, 0.5) is 0 Å². The number of carbonyl (C=O) groups excluding carboxylic acids is 1. The second-order valence-corrected chi connectivity index (χ2v) is 6.63. The maximum Gasteiger partial charge on any atom is 0.243 e. The molecule has 1 heterocycles. The predicted octanol–water partition coefficient (Wildman–Crippen LogP) is 2.46. The van der Waals surface area contributed by atoms with Crippen LogP contribution in [0.2, 0.25) is 5.15 Å². The summed E-state index contributed by atoms with van der Waals surface area (Å²) in [6.07, 6.45) is 7.40. The quantitative estimate of drug-likeness (QED) is 0.285. The van der Waals surface area contributed by atoms with Crippen LogP contribution in [0.5, 0.6) is 0 Å². The fourth-order valence-electron chi connectivity index (χ4n) is 2.58. The van der Waals surface area contributed by atoms with Gasteiger partial charge in [-0.3, -0.25) is 4.79 Å². The Balaban J connectivity index is 0.00000312. The Morgan fingerprint density at radius 2 is 2.08 bits per heavy atom. The lowest BCUT2D eigenvalue weighted by Gasteiger charge is -2.18. The Hall–Kier alpha value is -1.09. The minimum absolute atomic E-state index is 0. The maximum absolute atomic E-state index is 11.8. The molecule has 1 aromatic rings. The summed E-state index contributed by atoms with van der Waals surface area (Å²) in [5.74, 6) is 0.698. The third-order valence-electron chi connectivity index (χ3n) is 4.06. The van der Waals surface area contributed by atoms with Gasteiger partial charge in [-0.2, -0.15) is 0 Å². The summed E-state index contributed by atoms with van der Waals surface area (Å²) in [5.41, 5.74) is 1.11. The molecule has 0 saturated heterocycles. The zero-order valence-corrected chi connectivity index (χ0v) is 17.9. The number of hydrogen-bond acceptors (Lipinski definition) is 3. The minimum atomic E-state index is -0.00979. The van der Waals surface area contributed by atoms with Crippen molar-refractivity contribution in [1.29, 1.82) is 0 Å². The van der Waals surface area contributed by atoms with Crippen LogP contribution in [0.1, 0.15) is 31.2 Å². The fraction of sp³-hybridized carbons (Fsp3) is 0.588. The SMILES string of the molecule is CN(C)C(=O)CN=C(NCCc1ccc(Cl)nc1)NC1CCCC1.I. The van der Waals surface area contributed by atoms with Gasteiger partial charge in [0.2, 0.25) is 5.91 Å². The molecule has 1 fully saturated rings. The van der Waals surface area contributed by atoms with Gasteiger partial charge in [0.25, 0.3) is 0 Å². The predicted molar refractivity (Wildman–Crippen MR) is 113 cm³/mol. The molecular formula is C17H27ClIN5O. The number of nitrogens with one attached hydrogen (secondary N) is 2. The Kier molecular flexibility index (Phi) is 10.1. The number of likely N-dealkylation sites (N-methyl/N-ethyl adjacent to an activating group) is 1. The molecule has 0 spiro atoms. The van der Waals surface area contributed by atoms with Gasteiger partial charge in [0.1, 0.15) is 11.7 Å². The molecule has 1 aliphatic carbocycles. The van der Waals surface area contributed by atoms with Crippen LogP contribution >= 0.6 is 35.6 Å². The smallest absolute Gasteiger partial charge is 0.243 e. The summed E-state index contributed by atoms with van der Waals surface area (Å²) < 4.78 is 0. The Bertz CT molecular complexity index is 559. The highest BCUT2D eigenvalue weighted by Crippen LogP contribution is 2.17. The standard InChI is InChI=1S/C17H26ClN5O.HI/c1-23(2)16(24)12-21-17(22-14-5-3-4-6-14)19-10-9-13-7-8-15(18)20-11-13;/h7-8,11,14H,3-6,9-10,12H2,1-2H3,(H2,19,21,22);1H. The molecule has 1 aromatic heterocycles. The van der Waals surface area contributed by atoms with Gasteiger partial charge in [-0.05, 0) is 30.9 Å². The van der Waals surface area contributed by atoms with Crippen LogP contribution in [-0.2, 0) is 11.2 Å². The van der Waals surface area contributed by atoms with E-state index in [9.17, 15) is 4.79 Å². The van der Waals surface area contributed by atoms with Crippen molar-refractivity contribution in [3.05, 3.63) is 29.0 Å². The molecule has 8 heteroatoms. The molecular weight excluding hydrogens is 453 g/mol. The van der Waals surface area contributed by atoms with Crippen molar-refractivity contribution >= 4 is 47.4 Å². The molecule has 1 saturated carbocycles. The summed E-state index contributed by atoms with van der Waals surface area (Å²) in [7, 11) is 3.48. The number of aliphatic imine (C=N–C) groups is 1. The zero-order chi connectivity index (χ0) is 17.4. The molecule has 2 N–H and O–H groups in total. The normalized spacial score (nSPS) is 14.8. The molecule has 0 aromatic carbocycles. The van der Waals surface area contributed by atoms with Crippen molar-refractivity contribution in [2.75, 3.05) is 27.2 Å². The van der Waals surface area contributed by atoms with E-state index in [1.807, 2.05) is 6.07 Å². The number of pyridine rings is 1. The van der Waals surface area contributed by atoms with Gasteiger partial charge >= 0.3 is 0 Å².